The van der Waals surface area contributed by atoms with Crippen molar-refractivity contribution in [2.24, 2.45) is 0 Å². The zero-order valence-electron chi connectivity index (χ0n) is 9.78. The van der Waals surface area contributed by atoms with Gasteiger partial charge in [-0.15, -0.1) is 0 Å². The molecule has 1 aliphatic rings. The maximum absolute atomic E-state index is 5.36. The molecule has 0 unspecified atom stereocenters. The first-order valence-corrected chi connectivity index (χ1v) is 5.89. The zero-order valence-corrected chi connectivity index (χ0v) is 9.78. The molecule has 1 saturated heterocycles. The van der Waals surface area contributed by atoms with Crippen molar-refractivity contribution in [2.45, 2.75) is 13.5 Å². The summed E-state index contributed by atoms with van der Waals surface area (Å²) in [5.74, 6) is 0.853. The summed E-state index contributed by atoms with van der Waals surface area (Å²) in [7, 11) is 0. The maximum Gasteiger partial charge on any atom is 0.137 e. The van der Waals surface area contributed by atoms with Gasteiger partial charge in [0.2, 0.25) is 0 Å². The summed E-state index contributed by atoms with van der Waals surface area (Å²) in [4.78, 5) is 6.82. The van der Waals surface area contributed by atoms with Crippen LogP contribution >= 0.6 is 0 Å². The van der Waals surface area contributed by atoms with Crippen molar-refractivity contribution in [3.8, 4) is 5.75 Å². The first kappa shape index (κ1) is 11.4. The molecule has 88 valence electrons. The molecule has 0 spiro atoms. The third-order valence-corrected chi connectivity index (χ3v) is 2.70. The van der Waals surface area contributed by atoms with E-state index in [1.165, 1.54) is 0 Å². The molecule has 4 nitrogen and oxygen atoms in total. The smallest absolute Gasteiger partial charge is 0.137 e. The molecule has 0 bridgehead atoms. The van der Waals surface area contributed by atoms with Gasteiger partial charge in [0.25, 0.3) is 0 Å². The number of piperazine rings is 1. The molecule has 2 heterocycles. The minimum atomic E-state index is 0.693. The molecule has 1 N–H and O–H groups in total. The molecule has 1 aromatic heterocycles. The lowest BCUT2D eigenvalue weighted by Gasteiger charge is -2.26. The lowest BCUT2D eigenvalue weighted by molar-refractivity contribution is 0.230. The number of nitrogens with zero attached hydrogens (tertiary/aromatic N) is 2. The normalized spacial score (nSPS) is 17.3. The molecule has 1 fully saturated rings. The first-order valence-electron chi connectivity index (χ1n) is 5.89. The van der Waals surface area contributed by atoms with Crippen LogP contribution in [0, 0.1) is 0 Å². The second-order valence-electron chi connectivity index (χ2n) is 3.94. The molecular formula is C12H19N3O. The van der Waals surface area contributed by atoms with E-state index in [9.17, 15) is 0 Å². The van der Waals surface area contributed by atoms with Crippen molar-refractivity contribution in [2.75, 3.05) is 32.8 Å². The van der Waals surface area contributed by atoms with Gasteiger partial charge >= 0.3 is 0 Å². The van der Waals surface area contributed by atoms with E-state index >= 15 is 0 Å². The number of rotatable bonds is 4. The van der Waals surface area contributed by atoms with Crippen molar-refractivity contribution in [3.05, 3.63) is 24.0 Å². The monoisotopic (exact) mass is 221 g/mol. The van der Waals surface area contributed by atoms with Crippen LogP contribution in [0.25, 0.3) is 0 Å². The topological polar surface area (TPSA) is 37.4 Å². The molecule has 0 radical (unpaired) electrons. The molecule has 4 heteroatoms. The summed E-state index contributed by atoms with van der Waals surface area (Å²) in [5.41, 5.74) is 1.12. The molecule has 0 saturated carbocycles. The number of hydrogen-bond acceptors (Lipinski definition) is 4. The minimum absolute atomic E-state index is 0.693. The number of ether oxygens (including phenoxy) is 1. The number of aromatic nitrogens is 1. The predicted molar refractivity (Wildman–Crippen MR) is 63.6 cm³/mol. The second kappa shape index (κ2) is 5.82. The van der Waals surface area contributed by atoms with Gasteiger partial charge in [0.15, 0.2) is 0 Å². The Bertz CT molecular complexity index is 307. The quantitative estimate of drug-likeness (QED) is 0.819. The molecule has 0 aromatic carbocycles. The molecular weight excluding hydrogens is 202 g/mol. The fourth-order valence-corrected chi connectivity index (χ4v) is 1.85. The maximum atomic E-state index is 5.36. The Balaban J connectivity index is 1.88. The van der Waals surface area contributed by atoms with Gasteiger partial charge in [0.1, 0.15) is 5.75 Å². The molecule has 1 aromatic rings. The highest BCUT2D eigenvalue weighted by Crippen LogP contribution is 2.10. The summed E-state index contributed by atoms with van der Waals surface area (Å²) < 4.78 is 5.36. The Labute approximate surface area is 96.6 Å². The van der Waals surface area contributed by atoms with Crippen LogP contribution < -0.4 is 10.1 Å². The van der Waals surface area contributed by atoms with Crippen LogP contribution in [0.4, 0.5) is 0 Å². The van der Waals surface area contributed by atoms with Gasteiger partial charge in [-0.1, -0.05) is 0 Å². The van der Waals surface area contributed by atoms with Gasteiger partial charge in [-0.3, -0.25) is 9.88 Å². The van der Waals surface area contributed by atoms with Crippen LogP contribution in [0.3, 0.4) is 0 Å². The second-order valence-corrected chi connectivity index (χ2v) is 3.94. The van der Waals surface area contributed by atoms with Crippen LogP contribution in [-0.4, -0.2) is 42.7 Å². The van der Waals surface area contributed by atoms with E-state index in [0.29, 0.717) is 6.61 Å². The highest BCUT2D eigenvalue weighted by atomic mass is 16.5. The van der Waals surface area contributed by atoms with Gasteiger partial charge in [-0.25, -0.2) is 0 Å². The third-order valence-electron chi connectivity index (χ3n) is 2.70. The standard InChI is InChI=1S/C12H19N3O/c1-2-16-12-4-3-11(14-9-12)10-15-7-5-13-6-8-15/h3-4,9,13H,2,5-8,10H2,1H3. The van der Waals surface area contributed by atoms with Crippen molar-refractivity contribution in [1.29, 1.82) is 0 Å². The number of nitrogens with one attached hydrogen (secondary N) is 1. The van der Waals surface area contributed by atoms with Gasteiger partial charge in [0.05, 0.1) is 18.5 Å². The van der Waals surface area contributed by atoms with Crippen molar-refractivity contribution < 1.29 is 4.74 Å². The fourth-order valence-electron chi connectivity index (χ4n) is 1.85. The van der Waals surface area contributed by atoms with Crippen LogP contribution in [0.2, 0.25) is 0 Å². The van der Waals surface area contributed by atoms with Gasteiger partial charge in [-0.2, -0.15) is 0 Å². The van der Waals surface area contributed by atoms with Crippen molar-refractivity contribution in [3.63, 3.8) is 0 Å². The van der Waals surface area contributed by atoms with Gasteiger partial charge in [0, 0.05) is 32.7 Å². The van der Waals surface area contributed by atoms with Crippen LogP contribution in [0.1, 0.15) is 12.6 Å². The highest BCUT2D eigenvalue weighted by Gasteiger charge is 2.10. The Kier molecular flexibility index (Phi) is 4.13. The molecule has 16 heavy (non-hydrogen) atoms. The predicted octanol–water partition coefficient (Wildman–Crippen LogP) is 0.885. The van der Waals surface area contributed by atoms with E-state index in [0.717, 1.165) is 44.2 Å². The lowest BCUT2D eigenvalue weighted by Crippen LogP contribution is -2.43. The van der Waals surface area contributed by atoms with E-state index < -0.39 is 0 Å². The summed E-state index contributed by atoms with van der Waals surface area (Å²) >= 11 is 0. The number of pyridine rings is 1. The van der Waals surface area contributed by atoms with Gasteiger partial charge < -0.3 is 10.1 Å². The molecule has 0 aliphatic carbocycles. The Morgan fingerprint density at radius 2 is 2.19 bits per heavy atom. The average Bonchev–Trinajstić information content (AvgIpc) is 2.33. The minimum Gasteiger partial charge on any atom is -0.492 e. The average molecular weight is 221 g/mol. The van der Waals surface area contributed by atoms with E-state index in [1.807, 2.05) is 19.1 Å². The zero-order chi connectivity index (χ0) is 11.2. The molecule has 1 aliphatic heterocycles. The molecule has 0 amide bonds. The van der Waals surface area contributed by atoms with E-state index in [1.54, 1.807) is 6.20 Å². The SMILES string of the molecule is CCOc1ccc(CN2CCNCC2)nc1. The molecule has 2 rings (SSSR count). The van der Waals surface area contributed by atoms with Crippen LogP contribution in [-0.2, 0) is 6.54 Å². The molecule has 0 atom stereocenters. The fraction of sp³-hybridized carbons (Fsp3) is 0.583. The Morgan fingerprint density at radius 3 is 2.81 bits per heavy atom. The number of hydrogen-bond donors (Lipinski definition) is 1. The first-order chi connectivity index (χ1) is 7.88. The van der Waals surface area contributed by atoms with Crippen LogP contribution in [0.15, 0.2) is 18.3 Å². The largest absolute Gasteiger partial charge is 0.492 e. The summed E-state index contributed by atoms with van der Waals surface area (Å²) in [6, 6.07) is 4.04. The van der Waals surface area contributed by atoms with E-state index in [-0.39, 0.29) is 0 Å². The summed E-state index contributed by atoms with van der Waals surface area (Å²) in [5, 5.41) is 3.34. The van der Waals surface area contributed by atoms with Gasteiger partial charge in [-0.05, 0) is 19.1 Å². The Hall–Kier alpha value is -1.13. The summed E-state index contributed by atoms with van der Waals surface area (Å²) in [6.07, 6.45) is 1.81. The van der Waals surface area contributed by atoms with E-state index in [2.05, 4.69) is 15.2 Å². The summed E-state index contributed by atoms with van der Waals surface area (Å²) in [6.45, 7) is 7.99. The van der Waals surface area contributed by atoms with E-state index in [4.69, 9.17) is 4.74 Å². The lowest BCUT2D eigenvalue weighted by atomic mass is 10.3. The third kappa shape index (κ3) is 3.18. The van der Waals surface area contributed by atoms with Crippen molar-refractivity contribution in [1.82, 2.24) is 15.2 Å². The Morgan fingerprint density at radius 1 is 1.38 bits per heavy atom. The van der Waals surface area contributed by atoms with Crippen molar-refractivity contribution >= 4 is 0 Å². The highest BCUT2D eigenvalue weighted by molar-refractivity contribution is 5.19. The van der Waals surface area contributed by atoms with Crippen LogP contribution in [0.5, 0.6) is 5.75 Å².